The Morgan fingerprint density at radius 3 is 1.63 bits per heavy atom. The Labute approximate surface area is 343 Å². The molecule has 1 rings (SSSR count). The van der Waals surface area contributed by atoms with Crippen molar-refractivity contribution in [1.29, 1.82) is 0 Å². The second-order valence-electron chi connectivity index (χ2n) is 14.6. The number of hydrogen-bond acceptors (Lipinski definition) is 11. The van der Waals surface area contributed by atoms with Gasteiger partial charge in [-0.3, -0.25) is 14.1 Å². The maximum Gasteiger partial charge on any atom is 0.306 e. The number of aliphatic hydroxyl groups excluding tert-OH is 3. The zero-order valence-electron chi connectivity index (χ0n) is 34.7. The second kappa shape index (κ2) is 34.2. The average Bonchev–Trinajstić information content (AvgIpc) is 3.17. The molecule has 0 bridgehead atoms. The van der Waals surface area contributed by atoms with Gasteiger partial charge in [0, 0.05) is 12.8 Å². The molecule has 1 aliphatic heterocycles. The number of hydrogen-bond donors (Lipinski definition) is 4. The van der Waals surface area contributed by atoms with E-state index >= 15 is 0 Å². The molecule has 4 N–H and O–H groups in total. The zero-order chi connectivity index (χ0) is 42.0. The number of esters is 2. The summed E-state index contributed by atoms with van der Waals surface area (Å²) in [7, 11) is -4.61. The fraction of sp³-hybridized carbons (Fsp3) is 0.727. The Morgan fingerprint density at radius 2 is 1.07 bits per heavy atom. The van der Waals surface area contributed by atoms with Crippen molar-refractivity contribution in [2.24, 2.45) is 0 Å². The molecule has 12 nitrogen and oxygen atoms in total. The van der Waals surface area contributed by atoms with E-state index in [0.717, 1.165) is 64.2 Å². The van der Waals surface area contributed by atoms with Gasteiger partial charge in [-0.05, 0) is 77.0 Å². The van der Waals surface area contributed by atoms with E-state index in [9.17, 15) is 37.9 Å². The molecular weight excluding hydrogens is 753 g/mol. The van der Waals surface area contributed by atoms with Gasteiger partial charge in [0.2, 0.25) is 0 Å². The Morgan fingerprint density at radius 1 is 0.596 bits per heavy atom. The molecule has 6 atom stereocenters. The fourth-order valence-electron chi connectivity index (χ4n) is 5.96. The van der Waals surface area contributed by atoms with Gasteiger partial charge in [-0.1, -0.05) is 120 Å². The lowest BCUT2D eigenvalue weighted by Crippen LogP contribution is -2.60. The van der Waals surface area contributed by atoms with Crippen LogP contribution >= 0.6 is 0 Å². The van der Waals surface area contributed by atoms with Crippen molar-refractivity contribution < 1.29 is 56.8 Å². The van der Waals surface area contributed by atoms with Gasteiger partial charge >= 0.3 is 11.9 Å². The lowest BCUT2D eigenvalue weighted by Gasteiger charge is -2.40. The first-order valence-corrected chi connectivity index (χ1v) is 23.0. The number of carbonyl (C=O) groups excluding carboxylic acids is 2. The molecule has 0 radical (unpaired) electrons. The molecule has 0 amide bonds. The predicted molar refractivity (Wildman–Crippen MR) is 224 cm³/mol. The Balaban J connectivity index is 2.53. The van der Waals surface area contributed by atoms with Crippen LogP contribution in [0, 0.1) is 0 Å². The molecule has 1 saturated heterocycles. The Bertz CT molecular complexity index is 1290. The highest BCUT2D eigenvalue weighted by molar-refractivity contribution is 7.85. The normalized spacial score (nSPS) is 21.1. The van der Waals surface area contributed by atoms with Crippen LogP contribution in [0.1, 0.15) is 149 Å². The summed E-state index contributed by atoms with van der Waals surface area (Å²) in [4.78, 5) is 25.3. The first-order valence-electron chi connectivity index (χ1n) is 21.3. The van der Waals surface area contributed by atoms with Gasteiger partial charge in [0.25, 0.3) is 10.1 Å². The minimum atomic E-state index is -4.61. The molecule has 57 heavy (non-hydrogen) atoms. The van der Waals surface area contributed by atoms with Crippen LogP contribution in [-0.4, -0.2) is 96.0 Å². The van der Waals surface area contributed by atoms with Crippen molar-refractivity contribution in [3.63, 3.8) is 0 Å². The van der Waals surface area contributed by atoms with Crippen LogP contribution in [0.15, 0.2) is 60.8 Å². The van der Waals surface area contributed by atoms with Crippen molar-refractivity contribution in [3.8, 4) is 0 Å². The van der Waals surface area contributed by atoms with Crippen LogP contribution in [-0.2, 0) is 38.7 Å². The molecule has 328 valence electrons. The molecule has 0 aromatic rings. The number of ether oxygens (including phenoxy) is 4. The van der Waals surface area contributed by atoms with E-state index < -0.39 is 71.2 Å². The zero-order valence-corrected chi connectivity index (χ0v) is 35.5. The summed E-state index contributed by atoms with van der Waals surface area (Å²) in [5.74, 6) is -2.08. The lowest BCUT2D eigenvalue weighted by molar-refractivity contribution is -0.297. The lowest BCUT2D eigenvalue weighted by atomic mass is 10.00. The topological polar surface area (TPSA) is 186 Å². The quantitative estimate of drug-likeness (QED) is 0.0211. The molecular formula is C44H74O12S. The van der Waals surface area contributed by atoms with Crippen molar-refractivity contribution in [2.45, 2.75) is 185 Å². The summed E-state index contributed by atoms with van der Waals surface area (Å²) in [6.07, 6.45) is 31.3. The highest BCUT2D eigenvalue weighted by Gasteiger charge is 2.46. The fourth-order valence-corrected chi connectivity index (χ4v) is 6.65. The molecule has 0 spiro atoms. The molecule has 0 aromatic carbocycles. The summed E-state index contributed by atoms with van der Waals surface area (Å²) in [6.45, 7) is 3.63. The van der Waals surface area contributed by atoms with E-state index in [4.69, 9.17) is 18.9 Å². The monoisotopic (exact) mass is 826 g/mol. The van der Waals surface area contributed by atoms with Crippen LogP contribution in [0.3, 0.4) is 0 Å². The number of carbonyl (C=O) groups is 2. The van der Waals surface area contributed by atoms with Crippen LogP contribution in [0.5, 0.6) is 0 Å². The smallest absolute Gasteiger partial charge is 0.306 e. The van der Waals surface area contributed by atoms with Crippen LogP contribution < -0.4 is 0 Å². The van der Waals surface area contributed by atoms with Crippen molar-refractivity contribution >= 4 is 22.1 Å². The van der Waals surface area contributed by atoms with Crippen LogP contribution in [0.25, 0.3) is 0 Å². The van der Waals surface area contributed by atoms with Gasteiger partial charge in [0.1, 0.15) is 36.8 Å². The minimum absolute atomic E-state index is 0.139. The summed E-state index contributed by atoms with van der Waals surface area (Å²) in [6, 6.07) is 0. The molecule has 1 fully saturated rings. The molecule has 13 heteroatoms. The van der Waals surface area contributed by atoms with Crippen molar-refractivity contribution in [3.05, 3.63) is 60.8 Å². The molecule has 0 saturated carbocycles. The van der Waals surface area contributed by atoms with Gasteiger partial charge in [-0.25, -0.2) is 0 Å². The Hall–Kier alpha value is -2.65. The SMILES string of the molecule is CCCCC/C=C/C/C=C/C/C=C/C/C=C/CCCC(=O)OC[C@H](CO[C@H]1O[C@H](CS(=O)(=O)O)[C@@H](O)C(O)C1O)OC(=O)CCCCCCC/C=C/CCCCC. The standard InChI is InChI=1S/C44H74O12S/c1-3-5-7-9-11-13-15-17-18-19-20-21-23-24-26-28-30-32-39(45)53-34-37(35-54-44-43(49)42(48)41(47)38(56-44)36-57(50,51)52)55-40(46)33-31-29-27-25-22-16-14-12-10-8-6-4-2/h11-14,17-18,20-21,24,26,37-38,41-44,47-49H,3-10,15-16,19,22-23,25,27-36H2,1-2H3,(H,50,51,52)/b13-11+,14-12+,18-17+,21-20+,26-24+/t37-,38-,41-,42?,43?,44+/m1/s1. The predicted octanol–water partition coefficient (Wildman–Crippen LogP) is 8.17. The Kier molecular flexibility index (Phi) is 31.5. The highest BCUT2D eigenvalue weighted by atomic mass is 32.2. The van der Waals surface area contributed by atoms with E-state index in [1.54, 1.807) is 0 Å². The molecule has 0 aliphatic carbocycles. The van der Waals surface area contributed by atoms with E-state index in [1.807, 2.05) is 12.2 Å². The van der Waals surface area contributed by atoms with Gasteiger partial charge in [0.15, 0.2) is 12.4 Å². The summed E-state index contributed by atoms with van der Waals surface area (Å²) in [5.41, 5.74) is 0. The van der Waals surface area contributed by atoms with E-state index in [2.05, 4.69) is 62.5 Å². The van der Waals surface area contributed by atoms with Gasteiger partial charge < -0.3 is 34.3 Å². The highest BCUT2D eigenvalue weighted by Crippen LogP contribution is 2.24. The van der Waals surface area contributed by atoms with E-state index in [-0.39, 0.29) is 19.4 Å². The van der Waals surface area contributed by atoms with Gasteiger partial charge in [0.05, 0.1) is 6.61 Å². The number of allylic oxidation sites excluding steroid dienone is 10. The first-order chi connectivity index (χ1) is 27.5. The summed E-state index contributed by atoms with van der Waals surface area (Å²) < 4.78 is 53.9. The average molecular weight is 827 g/mol. The van der Waals surface area contributed by atoms with E-state index in [0.29, 0.717) is 19.3 Å². The number of rotatable bonds is 34. The largest absolute Gasteiger partial charge is 0.462 e. The van der Waals surface area contributed by atoms with E-state index in [1.165, 1.54) is 38.5 Å². The minimum Gasteiger partial charge on any atom is -0.462 e. The number of aliphatic hydroxyl groups is 3. The second-order valence-corrected chi connectivity index (χ2v) is 16.1. The maximum atomic E-state index is 12.8. The molecule has 1 heterocycles. The number of unbranched alkanes of at least 4 members (excludes halogenated alkanes) is 12. The summed E-state index contributed by atoms with van der Waals surface area (Å²) in [5, 5.41) is 30.8. The van der Waals surface area contributed by atoms with Crippen molar-refractivity contribution in [2.75, 3.05) is 19.0 Å². The molecule has 1 aliphatic rings. The molecule has 2 unspecified atom stereocenters. The first kappa shape index (κ1) is 52.4. The van der Waals surface area contributed by atoms with Crippen LogP contribution in [0.2, 0.25) is 0 Å². The molecule has 0 aromatic heterocycles. The van der Waals surface area contributed by atoms with Crippen molar-refractivity contribution in [1.82, 2.24) is 0 Å². The maximum absolute atomic E-state index is 12.8. The van der Waals surface area contributed by atoms with Gasteiger partial charge in [-0.2, -0.15) is 8.42 Å². The summed E-state index contributed by atoms with van der Waals surface area (Å²) >= 11 is 0. The third-order valence-electron chi connectivity index (χ3n) is 9.32. The third-order valence-corrected chi connectivity index (χ3v) is 10.1. The third kappa shape index (κ3) is 29.2. The van der Waals surface area contributed by atoms with Gasteiger partial charge in [-0.15, -0.1) is 0 Å². The van der Waals surface area contributed by atoms with Crippen LogP contribution in [0.4, 0.5) is 0 Å².